The summed E-state index contributed by atoms with van der Waals surface area (Å²) in [6.45, 7) is 7.78. The molecule has 102 valence electrons. The second-order valence-corrected chi connectivity index (χ2v) is 5.83. The van der Waals surface area contributed by atoms with Gasteiger partial charge in [-0.1, -0.05) is 32.4 Å². The first-order valence-corrected chi connectivity index (χ1v) is 7.24. The van der Waals surface area contributed by atoms with Crippen molar-refractivity contribution >= 4 is 28.2 Å². The summed E-state index contributed by atoms with van der Waals surface area (Å²) in [6, 6.07) is 7.88. The van der Waals surface area contributed by atoms with Crippen LogP contribution in [0.1, 0.15) is 33.6 Å². The molecule has 1 N–H and O–H groups in total. The first-order chi connectivity index (χ1) is 9.08. The van der Waals surface area contributed by atoms with Crippen LogP contribution in [0.25, 0.3) is 10.9 Å². The fraction of sp³-hybridized carbons (Fsp3) is 0.438. The third-order valence-corrected chi connectivity index (χ3v) is 4.35. The monoisotopic (exact) mass is 276 g/mol. The lowest BCUT2D eigenvalue weighted by atomic mass is 9.84. The molecule has 0 spiro atoms. The van der Waals surface area contributed by atoms with Crippen molar-refractivity contribution in [3.63, 3.8) is 0 Å². The molecule has 1 aromatic heterocycles. The third-order valence-electron chi connectivity index (χ3n) is 4.12. The first kappa shape index (κ1) is 14.1. The van der Waals surface area contributed by atoms with Crippen LogP contribution in [0.15, 0.2) is 30.5 Å². The van der Waals surface area contributed by atoms with Crippen LogP contribution < -0.4 is 5.32 Å². The number of fused-ring (bicyclic) bond motifs is 1. The minimum atomic E-state index is 0.335. The van der Waals surface area contributed by atoms with Gasteiger partial charge >= 0.3 is 0 Å². The van der Waals surface area contributed by atoms with E-state index < -0.39 is 0 Å². The molecule has 0 aliphatic rings. The maximum atomic E-state index is 6.01. The van der Waals surface area contributed by atoms with E-state index in [0.717, 1.165) is 28.2 Å². The molecule has 0 radical (unpaired) electrons. The smallest absolute Gasteiger partial charge is 0.0737 e. The van der Waals surface area contributed by atoms with Crippen molar-refractivity contribution in [2.45, 2.75) is 33.6 Å². The molecule has 19 heavy (non-hydrogen) atoms. The topological polar surface area (TPSA) is 24.9 Å². The molecule has 0 saturated heterocycles. The molecule has 1 aromatic carbocycles. The Bertz CT molecular complexity index is 562. The Hall–Kier alpha value is -1.28. The quantitative estimate of drug-likeness (QED) is 0.819. The van der Waals surface area contributed by atoms with Gasteiger partial charge in [-0.15, -0.1) is 0 Å². The Morgan fingerprint density at radius 2 is 1.95 bits per heavy atom. The number of nitrogens with zero attached hydrogens (tertiary/aromatic N) is 1. The predicted molar refractivity (Wildman–Crippen MR) is 83.9 cm³/mol. The van der Waals surface area contributed by atoms with Crippen molar-refractivity contribution < 1.29 is 0 Å². The highest BCUT2D eigenvalue weighted by molar-refractivity contribution is 6.31. The van der Waals surface area contributed by atoms with E-state index >= 15 is 0 Å². The van der Waals surface area contributed by atoms with Gasteiger partial charge in [0.1, 0.15) is 0 Å². The van der Waals surface area contributed by atoms with E-state index in [1.807, 2.05) is 30.5 Å². The zero-order valence-electron chi connectivity index (χ0n) is 11.8. The average Bonchev–Trinajstić information content (AvgIpc) is 2.44. The summed E-state index contributed by atoms with van der Waals surface area (Å²) in [5.41, 5.74) is 2.41. The van der Waals surface area contributed by atoms with Gasteiger partial charge in [0.15, 0.2) is 0 Å². The van der Waals surface area contributed by atoms with E-state index in [2.05, 4.69) is 31.1 Å². The fourth-order valence-corrected chi connectivity index (χ4v) is 2.25. The standard InChI is InChI=1S/C16H21ClN2/c1-4-16(3,5-2)11-19-14-8-9-18-15-10-12(17)6-7-13(14)15/h6-10H,4-5,11H2,1-3H3,(H,18,19). The maximum absolute atomic E-state index is 6.01. The largest absolute Gasteiger partial charge is 0.384 e. The Kier molecular flexibility index (Phi) is 4.31. The molecular weight excluding hydrogens is 256 g/mol. The predicted octanol–water partition coefficient (Wildman–Crippen LogP) is 5.13. The molecule has 3 heteroatoms. The van der Waals surface area contributed by atoms with Crippen molar-refractivity contribution in [2.24, 2.45) is 5.41 Å². The van der Waals surface area contributed by atoms with Gasteiger partial charge in [0.05, 0.1) is 5.52 Å². The molecule has 0 atom stereocenters. The van der Waals surface area contributed by atoms with Crippen molar-refractivity contribution in [2.75, 3.05) is 11.9 Å². The summed E-state index contributed by atoms with van der Waals surface area (Å²) < 4.78 is 0. The van der Waals surface area contributed by atoms with Crippen molar-refractivity contribution in [1.29, 1.82) is 0 Å². The molecule has 0 bridgehead atoms. The second kappa shape index (κ2) is 5.79. The fourth-order valence-electron chi connectivity index (χ4n) is 2.08. The highest BCUT2D eigenvalue weighted by Gasteiger charge is 2.19. The number of hydrogen-bond acceptors (Lipinski definition) is 2. The molecule has 0 fully saturated rings. The number of anilines is 1. The summed E-state index contributed by atoms with van der Waals surface area (Å²) in [5, 5.41) is 5.42. The lowest BCUT2D eigenvalue weighted by Crippen LogP contribution is -2.25. The normalized spacial score (nSPS) is 11.8. The van der Waals surface area contributed by atoms with Crippen LogP contribution in [0, 0.1) is 5.41 Å². The Labute approximate surface area is 120 Å². The van der Waals surface area contributed by atoms with Gasteiger partial charge in [0, 0.05) is 28.8 Å². The summed E-state index contributed by atoms with van der Waals surface area (Å²) in [7, 11) is 0. The van der Waals surface area contributed by atoms with Crippen molar-refractivity contribution in [3.8, 4) is 0 Å². The van der Waals surface area contributed by atoms with Crippen LogP contribution in [0.3, 0.4) is 0 Å². The van der Waals surface area contributed by atoms with Crippen LogP contribution in [-0.2, 0) is 0 Å². The van der Waals surface area contributed by atoms with Gasteiger partial charge < -0.3 is 5.32 Å². The minimum absolute atomic E-state index is 0.335. The van der Waals surface area contributed by atoms with Gasteiger partial charge in [0.25, 0.3) is 0 Å². The first-order valence-electron chi connectivity index (χ1n) is 6.86. The van der Waals surface area contributed by atoms with Crippen LogP contribution in [0.2, 0.25) is 5.02 Å². The molecule has 0 unspecified atom stereocenters. The van der Waals surface area contributed by atoms with E-state index in [1.165, 1.54) is 12.8 Å². The molecule has 1 heterocycles. The maximum Gasteiger partial charge on any atom is 0.0737 e. The molecule has 2 nitrogen and oxygen atoms in total. The molecule has 0 aliphatic heterocycles. The van der Waals surface area contributed by atoms with E-state index in [9.17, 15) is 0 Å². The van der Waals surface area contributed by atoms with Gasteiger partial charge in [-0.05, 0) is 42.5 Å². The van der Waals surface area contributed by atoms with Gasteiger partial charge in [-0.2, -0.15) is 0 Å². The van der Waals surface area contributed by atoms with Crippen LogP contribution >= 0.6 is 11.6 Å². The lowest BCUT2D eigenvalue weighted by Gasteiger charge is -2.27. The number of benzene rings is 1. The summed E-state index contributed by atoms with van der Waals surface area (Å²) in [4.78, 5) is 4.36. The SMILES string of the molecule is CCC(C)(CC)CNc1ccnc2cc(Cl)ccc12. The lowest BCUT2D eigenvalue weighted by molar-refractivity contribution is 0.321. The summed E-state index contributed by atoms with van der Waals surface area (Å²) in [6.07, 6.45) is 4.17. The number of aromatic nitrogens is 1. The van der Waals surface area contributed by atoms with Gasteiger partial charge in [0.2, 0.25) is 0 Å². The Morgan fingerprint density at radius 3 is 2.63 bits per heavy atom. The molecule has 0 aliphatic carbocycles. The number of rotatable bonds is 5. The van der Waals surface area contributed by atoms with E-state index in [1.54, 1.807) is 0 Å². The number of hydrogen-bond donors (Lipinski definition) is 1. The molecule has 2 aromatic rings. The number of pyridine rings is 1. The second-order valence-electron chi connectivity index (χ2n) is 5.39. The van der Waals surface area contributed by atoms with Gasteiger partial charge in [-0.25, -0.2) is 0 Å². The number of halogens is 1. The summed E-state index contributed by atoms with van der Waals surface area (Å²) >= 11 is 6.01. The Balaban J connectivity index is 2.26. The van der Waals surface area contributed by atoms with Crippen LogP contribution in [0.5, 0.6) is 0 Å². The highest BCUT2D eigenvalue weighted by Crippen LogP contribution is 2.28. The van der Waals surface area contributed by atoms with E-state index in [0.29, 0.717) is 5.41 Å². The summed E-state index contributed by atoms with van der Waals surface area (Å²) in [5.74, 6) is 0. The molecular formula is C16H21ClN2. The highest BCUT2D eigenvalue weighted by atomic mass is 35.5. The molecule has 0 saturated carbocycles. The minimum Gasteiger partial charge on any atom is -0.384 e. The third kappa shape index (κ3) is 3.19. The van der Waals surface area contributed by atoms with Gasteiger partial charge in [-0.3, -0.25) is 4.98 Å². The van der Waals surface area contributed by atoms with Crippen LogP contribution in [0.4, 0.5) is 5.69 Å². The molecule has 2 rings (SSSR count). The van der Waals surface area contributed by atoms with Crippen molar-refractivity contribution in [1.82, 2.24) is 4.98 Å². The average molecular weight is 277 g/mol. The van der Waals surface area contributed by atoms with Crippen molar-refractivity contribution in [3.05, 3.63) is 35.5 Å². The Morgan fingerprint density at radius 1 is 1.21 bits per heavy atom. The molecule has 0 amide bonds. The van der Waals surface area contributed by atoms with E-state index in [4.69, 9.17) is 11.6 Å². The zero-order chi connectivity index (χ0) is 13.9. The zero-order valence-corrected chi connectivity index (χ0v) is 12.6. The van der Waals surface area contributed by atoms with E-state index in [-0.39, 0.29) is 0 Å². The van der Waals surface area contributed by atoms with Crippen LogP contribution in [-0.4, -0.2) is 11.5 Å². The number of nitrogens with one attached hydrogen (secondary N) is 1.